The van der Waals surface area contributed by atoms with Crippen LogP contribution in [0.25, 0.3) is 23.3 Å². The van der Waals surface area contributed by atoms with E-state index in [-0.39, 0.29) is 11.1 Å². The van der Waals surface area contributed by atoms with E-state index in [2.05, 4.69) is 0 Å². The van der Waals surface area contributed by atoms with Crippen LogP contribution in [0.4, 0.5) is 0 Å². The molecule has 0 bridgehead atoms. The van der Waals surface area contributed by atoms with Crippen LogP contribution in [0, 0.1) is 6.92 Å². The Labute approximate surface area is 197 Å². The van der Waals surface area contributed by atoms with Crippen molar-refractivity contribution in [3.05, 3.63) is 128 Å². The van der Waals surface area contributed by atoms with Gasteiger partial charge in [0, 0.05) is 16.8 Å². The molecule has 0 unspecified atom stereocenters. The molecule has 164 valence electrons. The lowest BCUT2D eigenvalue weighted by Crippen LogP contribution is -2.24. The van der Waals surface area contributed by atoms with Crippen molar-refractivity contribution in [3.63, 3.8) is 0 Å². The quantitative estimate of drug-likeness (QED) is 0.366. The Morgan fingerprint density at radius 3 is 2.30 bits per heavy atom. The third-order valence-corrected chi connectivity index (χ3v) is 5.67. The largest absolute Gasteiger partial charge is 0.478 e. The third-order valence-electron chi connectivity index (χ3n) is 5.44. The van der Waals surface area contributed by atoms with E-state index in [0.29, 0.717) is 28.3 Å². The number of aromatic carboxylic acids is 1. The average Bonchev–Trinajstić information content (AvgIpc) is 2.81. The summed E-state index contributed by atoms with van der Waals surface area (Å²) in [7, 11) is 0. The highest BCUT2D eigenvalue weighted by molar-refractivity contribution is 6.31. The van der Waals surface area contributed by atoms with E-state index in [1.165, 1.54) is 12.1 Å². The fraction of sp³-hybridized carbons (Fsp3) is 0.0714. The zero-order valence-electron chi connectivity index (χ0n) is 18.0. The van der Waals surface area contributed by atoms with Crippen molar-refractivity contribution in [1.82, 2.24) is 4.57 Å². The lowest BCUT2D eigenvalue weighted by molar-refractivity contribution is 0.0697. The normalized spacial score (nSPS) is 11.1. The summed E-state index contributed by atoms with van der Waals surface area (Å²) >= 11 is 6.24. The number of halogens is 1. The molecule has 0 aliphatic heterocycles. The summed E-state index contributed by atoms with van der Waals surface area (Å²) in [5.74, 6) is -1.12. The molecule has 0 aliphatic rings. The Balaban J connectivity index is 1.97. The maximum absolute atomic E-state index is 13.7. The number of rotatable bonds is 6. The first-order valence-corrected chi connectivity index (χ1v) is 10.9. The predicted octanol–water partition coefficient (Wildman–Crippen LogP) is 6.39. The average molecular weight is 456 g/mol. The molecule has 0 saturated carbocycles. The van der Waals surface area contributed by atoms with E-state index in [1.54, 1.807) is 10.6 Å². The van der Waals surface area contributed by atoms with Crippen molar-refractivity contribution >= 4 is 29.7 Å². The maximum Gasteiger partial charge on any atom is 0.336 e. The first-order valence-electron chi connectivity index (χ1n) is 10.5. The highest BCUT2D eigenvalue weighted by Crippen LogP contribution is 2.30. The molecule has 0 atom stereocenters. The van der Waals surface area contributed by atoms with Crippen molar-refractivity contribution in [3.8, 4) is 11.1 Å². The van der Waals surface area contributed by atoms with Gasteiger partial charge < -0.3 is 9.67 Å². The van der Waals surface area contributed by atoms with Crippen LogP contribution >= 0.6 is 11.6 Å². The van der Waals surface area contributed by atoms with E-state index in [4.69, 9.17) is 11.6 Å². The molecule has 0 fully saturated rings. The number of aromatic nitrogens is 1. The van der Waals surface area contributed by atoms with Gasteiger partial charge in [0.15, 0.2) is 0 Å². The summed E-state index contributed by atoms with van der Waals surface area (Å²) in [5.41, 5.74) is 3.84. The van der Waals surface area contributed by atoms with E-state index < -0.39 is 5.97 Å². The Morgan fingerprint density at radius 1 is 0.970 bits per heavy atom. The van der Waals surface area contributed by atoms with Crippen molar-refractivity contribution in [2.45, 2.75) is 13.5 Å². The van der Waals surface area contributed by atoms with Crippen molar-refractivity contribution in [2.75, 3.05) is 0 Å². The molecule has 4 aromatic rings. The van der Waals surface area contributed by atoms with Crippen LogP contribution in [0.3, 0.4) is 0 Å². The molecule has 0 radical (unpaired) electrons. The number of carboxylic acids is 1. The molecular formula is C28H22ClNO3. The van der Waals surface area contributed by atoms with Gasteiger partial charge in [-0.3, -0.25) is 4.79 Å². The number of hydrogen-bond donors (Lipinski definition) is 1. The van der Waals surface area contributed by atoms with E-state index in [0.717, 1.165) is 16.7 Å². The fourth-order valence-corrected chi connectivity index (χ4v) is 4.02. The van der Waals surface area contributed by atoms with Crippen molar-refractivity contribution in [2.24, 2.45) is 0 Å². The summed E-state index contributed by atoms with van der Waals surface area (Å²) in [5, 5.41) is 10.2. The van der Waals surface area contributed by atoms with Crippen LogP contribution in [0.5, 0.6) is 0 Å². The number of nitrogens with zero attached hydrogens (tertiary/aromatic N) is 1. The smallest absolute Gasteiger partial charge is 0.336 e. The van der Waals surface area contributed by atoms with E-state index in [1.807, 2.05) is 85.9 Å². The molecule has 1 heterocycles. The van der Waals surface area contributed by atoms with E-state index >= 15 is 0 Å². The Bertz CT molecular complexity index is 1390. The number of hydrogen-bond acceptors (Lipinski definition) is 2. The van der Waals surface area contributed by atoms with Crippen LogP contribution < -0.4 is 5.56 Å². The SMILES string of the molecule is Cc1cn(Cc2ccccc2)c(=O)c(-c2cc(Cl)ccc2C(=O)O)c1C=Cc1ccccc1. The molecule has 33 heavy (non-hydrogen) atoms. The van der Waals surface area contributed by atoms with Gasteiger partial charge in [0.05, 0.1) is 17.7 Å². The summed E-state index contributed by atoms with van der Waals surface area (Å²) in [6, 6.07) is 23.9. The van der Waals surface area contributed by atoms with Gasteiger partial charge in [0.2, 0.25) is 0 Å². The molecule has 0 aliphatic carbocycles. The van der Waals surface area contributed by atoms with Gasteiger partial charge in [-0.05, 0) is 47.4 Å². The van der Waals surface area contributed by atoms with E-state index in [9.17, 15) is 14.7 Å². The molecule has 1 aromatic heterocycles. The standard InChI is InChI=1S/C28H22ClNO3/c1-19-17-30(18-21-10-6-3-7-11-21)27(31)26(23(19)14-12-20-8-4-2-5-9-20)25-16-22(29)13-15-24(25)28(32)33/h2-17H,18H2,1H3,(H,32,33). The summed E-state index contributed by atoms with van der Waals surface area (Å²) in [6.07, 6.45) is 5.59. The monoisotopic (exact) mass is 455 g/mol. The second-order valence-electron chi connectivity index (χ2n) is 7.76. The summed E-state index contributed by atoms with van der Waals surface area (Å²) in [4.78, 5) is 25.7. The van der Waals surface area contributed by atoms with Gasteiger partial charge in [0.25, 0.3) is 5.56 Å². The molecule has 3 aromatic carbocycles. The zero-order chi connectivity index (χ0) is 23.4. The minimum atomic E-state index is -1.12. The Hall–Kier alpha value is -3.89. The van der Waals surface area contributed by atoms with Gasteiger partial charge >= 0.3 is 5.97 Å². The van der Waals surface area contributed by atoms with Crippen molar-refractivity contribution in [1.29, 1.82) is 0 Å². The number of carboxylic acid groups (broad SMARTS) is 1. The topological polar surface area (TPSA) is 59.3 Å². The third kappa shape index (κ3) is 4.97. The molecule has 1 N–H and O–H groups in total. The highest BCUT2D eigenvalue weighted by atomic mass is 35.5. The Morgan fingerprint density at radius 2 is 1.64 bits per heavy atom. The fourth-order valence-electron chi connectivity index (χ4n) is 3.84. The van der Waals surface area contributed by atoms with Gasteiger partial charge in [0.1, 0.15) is 0 Å². The summed E-state index contributed by atoms with van der Waals surface area (Å²) < 4.78 is 1.62. The van der Waals surface area contributed by atoms with Crippen LogP contribution in [0.2, 0.25) is 5.02 Å². The second kappa shape index (κ2) is 9.72. The molecule has 0 spiro atoms. The molecule has 4 nitrogen and oxygen atoms in total. The molecule has 0 amide bonds. The van der Waals surface area contributed by atoms with Crippen LogP contribution in [0.1, 0.15) is 32.6 Å². The predicted molar refractivity (Wildman–Crippen MR) is 134 cm³/mol. The van der Waals surface area contributed by atoms with Crippen LogP contribution in [-0.4, -0.2) is 15.6 Å². The first-order chi connectivity index (χ1) is 15.9. The lowest BCUT2D eigenvalue weighted by atomic mass is 9.93. The highest BCUT2D eigenvalue weighted by Gasteiger charge is 2.20. The molecule has 4 rings (SSSR count). The van der Waals surface area contributed by atoms with Crippen LogP contribution in [-0.2, 0) is 6.54 Å². The zero-order valence-corrected chi connectivity index (χ0v) is 18.8. The van der Waals surface area contributed by atoms with Gasteiger partial charge in [-0.15, -0.1) is 0 Å². The van der Waals surface area contributed by atoms with Crippen molar-refractivity contribution < 1.29 is 9.90 Å². The maximum atomic E-state index is 13.7. The second-order valence-corrected chi connectivity index (χ2v) is 8.19. The number of aryl methyl sites for hydroxylation is 1. The van der Waals surface area contributed by atoms with Gasteiger partial charge in [-0.25, -0.2) is 4.79 Å². The Kier molecular flexibility index (Phi) is 6.57. The minimum absolute atomic E-state index is 0.0303. The minimum Gasteiger partial charge on any atom is -0.478 e. The van der Waals surface area contributed by atoms with Crippen LogP contribution in [0.15, 0.2) is 89.9 Å². The number of pyridine rings is 1. The molecular weight excluding hydrogens is 434 g/mol. The molecule has 5 heteroatoms. The molecule has 0 saturated heterocycles. The first kappa shape index (κ1) is 22.3. The van der Waals surface area contributed by atoms with Gasteiger partial charge in [-0.2, -0.15) is 0 Å². The lowest BCUT2D eigenvalue weighted by Gasteiger charge is -2.16. The number of carbonyl (C=O) groups is 1. The number of benzene rings is 3. The van der Waals surface area contributed by atoms with Gasteiger partial charge in [-0.1, -0.05) is 84.4 Å². The summed E-state index contributed by atoms with van der Waals surface area (Å²) in [6.45, 7) is 2.29.